The third-order valence-corrected chi connectivity index (χ3v) is 17.5. The Kier molecular flexibility index (Phi) is 43.0. The van der Waals surface area contributed by atoms with Crippen LogP contribution in [-0.2, 0) is 38.0 Å². The van der Waals surface area contributed by atoms with Crippen molar-refractivity contribution in [1.82, 2.24) is 10.6 Å². The zero-order valence-electron chi connectivity index (χ0n) is 52.9. The van der Waals surface area contributed by atoms with E-state index in [0.717, 1.165) is 64.7 Å². The molecule has 0 aromatic carbocycles. The molecule has 0 aliphatic carbocycles. The molecular formula is C64H122N2O20. The third kappa shape index (κ3) is 29.7. The van der Waals surface area contributed by atoms with Crippen molar-refractivity contribution in [3.8, 4) is 0 Å². The number of ether oxygens (including phenoxy) is 6. The summed E-state index contributed by atoms with van der Waals surface area (Å²) in [6.07, 6.45) is 10.5. The van der Waals surface area contributed by atoms with Crippen LogP contribution in [-0.4, -0.2) is 216 Å². The summed E-state index contributed by atoms with van der Waals surface area (Å²) >= 11 is 0. The molecule has 19 atom stereocenters. The Bertz CT molecular complexity index is 1680. The molecule has 0 radical (unpaired) electrons. The van der Waals surface area contributed by atoms with Crippen LogP contribution in [0.4, 0.5) is 0 Å². The van der Waals surface area contributed by atoms with Crippen molar-refractivity contribution in [2.24, 2.45) is 0 Å². The van der Waals surface area contributed by atoms with E-state index in [0.29, 0.717) is 12.8 Å². The summed E-state index contributed by atoms with van der Waals surface area (Å²) in [5.41, 5.74) is 0. The van der Waals surface area contributed by atoms with Crippen molar-refractivity contribution in [3.05, 3.63) is 0 Å². The van der Waals surface area contributed by atoms with Gasteiger partial charge in [-0.15, -0.1) is 0 Å². The fourth-order valence-corrected chi connectivity index (χ4v) is 12.0. The monoisotopic (exact) mass is 1240 g/mol. The number of carbonyl (C=O) groups is 2. The maximum atomic E-state index is 13.8. The lowest BCUT2D eigenvalue weighted by molar-refractivity contribution is -0.387. The minimum atomic E-state index is -2.03. The van der Waals surface area contributed by atoms with Crippen molar-refractivity contribution < 1.29 is 99.3 Å². The van der Waals surface area contributed by atoms with Gasteiger partial charge < -0.3 is 100 Å². The van der Waals surface area contributed by atoms with E-state index >= 15 is 0 Å². The van der Waals surface area contributed by atoms with Gasteiger partial charge in [0.2, 0.25) is 11.8 Å². The van der Waals surface area contributed by atoms with Gasteiger partial charge in [0.15, 0.2) is 18.9 Å². The molecule has 2 amide bonds. The number of unbranched alkanes of at least 4 members (excludes halogenated alkanes) is 32. The molecule has 0 aromatic heterocycles. The highest BCUT2D eigenvalue weighted by molar-refractivity contribution is 5.80. The van der Waals surface area contributed by atoms with E-state index in [4.69, 9.17) is 28.4 Å². The second kappa shape index (κ2) is 47.2. The van der Waals surface area contributed by atoms with E-state index < -0.39 is 155 Å². The predicted octanol–water partition coefficient (Wildman–Crippen LogP) is 5.25. The Morgan fingerprint density at radius 1 is 0.430 bits per heavy atom. The maximum absolute atomic E-state index is 13.8. The molecule has 22 heteroatoms. The molecule has 0 saturated carbocycles. The summed E-state index contributed by atoms with van der Waals surface area (Å²) < 4.78 is 36.0. The zero-order valence-corrected chi connectivity index (χ0v) is 52.9. The lowest BCUT2D eigenvalue weighted by atomic mass is 9.95. The van der Waals surface area contributed by atoms with Gasteiger partial charge in [-0.2, -0.15) is 0 Å². The Morgan fingerprint density at radius 2 is 0.791 bits per heavy atom. The number of amides is 2. The van der Waals surface area contributed by atoms with Gasteiger partial charge in [0.25, 0.3) is 0 Å². The van der Waals surface area contributed by atoms with Crippen LogP contribution < -0.4 is 10.6 Å². The van der Waals surface area contributed by atoms with Crippen molar-refractivity contribution in [1.29, 1.82) is 0 Å². The molecule has 3 aliphatic rings. The van der Waals surface area contributed by atoms with Gasteiger partial charge in [-0.3, -0.25) is 9.59 Å². The van der Waals surface area contributed by atoms with E-state index in [1.165, 1.54) is 148 Å². The fraction of sp³-hybridized carbons (Fsp3) is 0.969. The van der Waals surface area contributed by atoms with Crippen LogP contribution in [0.15, 0.2) is 0 Å². The van der Waals surface area contributed by atoms with Crippen LogP contribution >= 0.6 is 0 Å². The molecule has 14 N–H and O–H groups in total. The smallest absolute Gasteiger partial charge is 0.249 e. The summed E-state index contributed by atoms with van der Waals surface area (Å²) in [5.74, 6) is -1.55. The van der Waals surface area contributed by atoms with E-state index in [9.17, 15) is 70.9 Å². The van der Waals surface area contributed by atoms with Crippen LogP contribution in [0.3, 0.4) is 0 Å². The standard InChI is InChI=1S/C64H122N2O20/c1-4-6-8-10-12-14-16-18-19-20-21-22-23-24-25-27-29-31-33-35-37-39-47(72)61(80)66-45(52(73)46(71)38-36-34-32-30-28-26-17-15-13-11-9-7-5-2)43-81-64-60(86-63-58(79)57(78)54(75)49(41-68)83-63)59(55(76)50(42-69)84-64)85-62-51(65-44(3)70)56(77)53(74)48(40-67)82-62/h45-60,62-64,67-69,71-79H,4-43H2,1-3H3,(H,65,70)(H,66,80)/t45-,46+,47+,48+,49+,50+,51+,52-,53-,54+,55-,56+,57-,58+,59-,60+,62+,63+,64-/m0/s1. The Hall–Kier alpha value is -1.78. The largest absolute Gasteiger partial charge is 0.394 e. The van der Waals surface area contributed by atoms with Crippen LogP contribution in [0.1, 0.15) is 252 Å². The van der Waals surface area contributed by atoms with E-state index in [1.54, 1.807) is 0 Å². The van der Waals surface area contributed by atoms with Crippen molar-refractivity contribution in [2.75, 3.05) is 26.4 Å². The first-order valence-electron chi connectivity index (χ1n) is 34.0. The molecule has 3 fully saturated rings. The van der Waals surface area contributed by atoms with Gasteiger partial charge in [0.1, 0.15) is 85.4 Å². The minimum Gasteiger partial charge on any atom is -0.394 e. The van der Waals surface area contributed by atoms with E-state index in [2.05, 4.69) is 24.5 Å². The highest BCUT2D eigenvalue weighted by atomic mass is 16.8. The van der Waals surface area contributed by atoms with Crippen LogP contribution in [0.25, 0.3) is 0 Å². The molecule has 3 rings (SSSR count). The first kappa shape index (κ1) is 78.5. The average molecular weight is 1240 g/mol. The molecule has 86 heavy (non-hydrogen) atoms. The van der Waals surface area contributed by atoms with Crippen molar-refractivity contribution in [3.63, 3.8) is 0 Å². The SMILES string of the molecule is CCCCCCCCCCCCCCCCCCCCCCC[C@@H](O)C(=O)N[C@@H](CO[C@H]1O[C@H](CO)[C@H](O)[C@H](O[C@H]2O[C@H](CO)[C@H](O)[C@H](O)[C@H]2NC(C)=O)[C@H]1O[C@H]1O[C@H](CO)[C@@H](O)[C@H](O)[C@H]1O)[C@H](O)[C@H](O)CCCCCCCCCCCCCCC. The third-order valence-electron chi connectivity index (χ3n) is 17.5. The Morgan fingerprint density at radius 3 is 1.21 bits per heavy atom. The maximum Gasteiger partial charge on any atom is 0.249 e. The lowest BCUT2D eigenvalue weighted by Gasteiger charge is -2.49. The van der Waals surface area contributed by atoms with Gasteiger partial charge in [-0.05, 0) is 12.8 Å². The van der Waals surface area contributed by atoms with Gasteiger partial charge in [-0.25, -0.2) is 0 Å². The van der Waals surface area contributed by atoms with E-state index in [1.807, 2.05) is 0 Å². The molecule has 3 saturated heterocycles. The van der Waals surface area contributed by atoms with Gasteiger partial charge in [0.05, 0.1) is 38.6 Å². The molecular weight excluding hydrogens is 1120 g/mol. The molecule has 0 unspecified atom stereocenters. The number of aliphatic hydroxyl groups is 12. The van der Waals surface area contributed by atoms with Crippen LogP contribution in [0.5, 0.6) is 0 Å². The van der Waals surface area contributed by atoms with Gasteiger partial charge >= 0.3 is 0 Å². The van der Waals surface area contributed by atoms with Crippen molar-refractivity contribution >= 4 is 11.8 Å². The normalized spacial score (nSPS) is 29.4. The van der Waals surface area contributed by atoms with Crippen LogP contribution in [0.2, 0.25) is 0 Å². The molecule has 0 bridgehead atoms. The molecule has 3 heterocycles. The number of rotatable bonds is 51. The summed E-state index contributed by atoms with van der Waals surface area (Å²) in [7, 11) is 0. The molecule has 0 aromatic rings. The Balaban J connectivity index is 1.69. The lowest BCUT2D eigenvalue weighted by Crippen LogP contribution is -2.69. The summed E-state index contributed by atoms with van der Waals surface area (Å²) in [6, 6.07) is -3.01. The second-order valence-corrected chi connectivity index (χ2v) is 25.0. The fourth-order valence-electron chi connectivity index (χ4n) is 12.0. The summed E-state index contributed by atoms with van der Waals surface area (Å²) in [6.45, 7) is 2.28. The van der Waals surface area contributed by atoms with Crippen molar-refractivity contribution in [2.45, 2.75) is 368 Å². The highest BCUT2D eigenvalue weighted by Crippen LogP contribution is 2.34. The first-order valence-corrected chi connectivity index (χ1v) is 34.0. The second-order valence-electron chi connectivity index (χ2n) is 25.0. The van der Waals surface area contributed by atoms with Gasteiger partial charge in [0, 0.05) is 6.92 Å². The average Bonchev–Trinajstić information content (AvgIpc) is 1.71. The van der Waals surface area contributed by atoms with Crippen LogP contribution in [0, 0.1) is 0 Å². The number of hydrogen-bond donors (Lipinski definition) is 14. The molecule has 0 spiro atoms. The predicted molar refractivity (Wildman–Crippen MR) is 324 cm³/mol. The highest BCUT2D eigenvalue weighted by Gasteiger charge is 2.55. The molecule has 22 nitrogen and oxygen atoms in total. The number of carbonyl (C=O) groups excluding carboxylic acids is 2. The summed E-state index contributed by atoms with van der Waals surface area (Å²) in [4.78, 5) is 26.2. The molecule has 3 aliphatic heterocycles. The molecule has 508 valence electrons. The summed E-state index contributed by atoms with van der Waals surface area (Å²) in [5, 5.41) is 136. The van der Waals surface area contributed by atoms with E-state index in [-0.39, 0.29) is 12.8 Å². The number of nitrogens with one attached hydrogen (secondary N) is 2. The minimum absolute atomic E-state index is 0.123. The number of aliphatic hydroxyl groups excluding tert-OH is 12. The first-order chi connectivity index (χ1) is 41.5. The topological polar surface area (TPSA) is 356 Å². The zero-order chi connectivity index (χ0) is 63.1. The Labute approximate surface area is 514 Å². The van der Waals surface area contributed by atoms with Gasteiger partial charge in [-0.1, -0.05) is 232 Å². The quantitative estimate of drug-likeness (QED) is 0.0346. The number of hydrogen-bond acceptors (Lipinski definition) is 20.